The van der Waals surface area contributed by atoms with E-state index in [9.17, 15) is 35.1 Å². The van der Waals surface area contributed by atoms with Gasteiger partial charge in [-0.25, -0.2) is 0 Å². The fraction of sp³-hybridized carbons (Fsp3) is 0.892. The predicted molar refractivity (Wildman–Crippen MR) is 357 cm³/mol. The highest BCUT2D eigenvalue weighted by Crippen LogP contribution is 2.24. The molecule has 500 valence electrons. The van der Waals surface area contributed by atoms with Crippen molar-refractivity contribution in [3.8, 4) is 0 Å². The average Bonchev–Trinajstić information content (AvgIpc) is 3.31. The van der Waals surface area contributed by atoms with E-state index >= 15 is 0 Å². The Hall–Kier alpha value is -2.12. The molecule has 1 saturated heterocycles. The highest BCUT2D eigenvalue weighted by molar-refractivity contribution is 5.76. The quantitative estimate of drug-likeness (QED) is 0.0195. The Morgan fingerprint density at radius 3 is 1.15 bits per heavy atom. The minimum absolute atomic E-state index is 0.0166. The minimum atomic E-state index is -1.58. The molecule has 11 heteroatoms. The van der Waals surface area contributed by atoms with Gasteiger partial charge in [-0.2, -0.15) is 0 Å². The van der Waals surface area contributed by atoms with Gasteiger partial charge < -0.3 is 45.1 Å². The number of aliphatic hydroxyl groups excluding tert-OH is 5. The first-order valence-electron chi connectivity index (χ1n) is 36.8. The van der Waals surface area contributed by atoms with Gasteiger partial charge in [-0.05, 0) is 51.4 Å². The van der Waals surface area contributed by atoms with Crippen molar-refractivity contribution < 1.29 is 49.3 Å². The molecular formula is C74H139NO10. The predicted octanol–water partition coefficient (Wildman–Crippen LogP) is 19.0. The maximum absolute atomic E-state index is 13.0. The number of hydrogen-bond donors (Lipinski definition) is 6. The Bertz CT molecular complexity index is 1510. The molecule has 0 aromatic rings. The van der Waals surface area contributed by atoms with E-state index < -0.39 is 49.5 Å². The molecule has 0 spiro atoms. The number of hydrogen-bond acceptors (Lipinski definition) is 10. The van der Waals surface area contributed by atoms with Crippen LogP contribution in [0.15, 0.2) is 36.5 Å². The summed E-state index contributed by atoms with van der Waals surface area (Å²) < 4.78 is 16.7. The molecule has 7 atom stereocenters. The molecule has 6 N–H and O–H groups in total. The lowest BCUT2D eigenvalue weighted by Gasteiger charge is -2.40. The molecule has 1 aliphatic heterocycles. The summed E-state index contributed by atoms with van der Waals surface area (Å²) in [5.41, 5.74) is 0. The standard InChI is InChI=1S/C74H139NO10/c1-3-5-7-9-11-13-15-42-46-50-54-58-62-70(79)83-63-59-55-51-47-43-40-38-36-34-32-30-28-26-24-22-20-18-16-17-19-21-23-25-27-29-31-33-35-37-39-41-45-49-53-57-61-69(78)75-66(65-84-74-73(82)72(81)71(80)68(64-76)85-74)67(77)60-56-52-48-44-14-12-10-8-6-4-2/h6,8,14,44,56,60,66-68,71-74,76-77,80-82H,3-5,7,9-13,15-43,45-55,57-59,61-65H2,1-2H3,(H,75,78)/b8-6+,44-14+,60-56+. The van der Waals surface area contributed by atoms with Crippen molar-refractivity contribution in [2.45, 2.75) is 403 Å². The Labute approximate surface area is 523 Å². The van der Waals surface area contributed by atoms with E-state index in [0.717, 1.165) is 64.2 Å². The van der Waals surface area contributed by atoms with Crippen molar-refractivity contribution in [1.82, 2.24) is 5.32 Å². The number of amides is 1. The zero-order valence-corrected chi connectivity index (χ0v) is 55.6. The smallest absolute Gasteiger partial charge is 0.305 e. The molecule has 0 aromatic heterocycles. The fourth-order valence-corrected chi connectivity index (χ4v) is 11.8. The van der Waals surface area contributed by atoms with Gasteiger partial charge >= 0.3 is 5.97 Å². The van der Waals surface area contributed by atoms with E-state index in [1.165, 1.54) is 270 Å². The summed E-state index contributed by atoms with van der Waals surface area (Å²) in [6, 6.07) is -0.829. The molecule has 1 amide bonds. The van der Waals surface area contributed by atoms with Gasteiger partial charge in [0.15, 0.2) is 6.29 Å². The van der Waals surface area contributed by atoms with E-state index in [1.807, 2.05) is 6.08 Å². The van der Waals surface area contributed by atoms with Gasteiger partial charge in [0.05, 0.1) is 32.0 Å². The van der Waals surface area contributed by atoms with Crippen molar-refractivity contribution in [3.05, 3.63) is 36.5 Å². The molecule has 0 radical (unpaired) electrons. The van der Waals surface area contributed by atoms with Gasteiger partial charge in [-0.1, -0.05) is 333 Å². The van der Waals surface area contributed by atoms with Crippen molar-refractivity contribution in [2.75, 3.05) is 19.8 Å². The summed E-state index contributed by atoms with van der Waals surface area (Å²) in [7, 11) is 0. The maximum Gasteiger partial charge on any atom is 0.305 e. The molecule has 1 heterocycles. The molecule has 85 heavy (non-hydrogen) atoms. The van der Waals surface area contributed by atoms with Crippen LogP contribution in [0.25, 0.3) is 0 Å². The molecule has 0 bridgehead atoms. The summed E-state index contributed by atoms with van der Waals surface area (Å²) in [5.74, 6) is -0.175. The van der Waals surface area contributed by atoms with Crippen LogP contribution in [-0.4, -0.2) is 100 Å². The zero-order chi connectivity index (χ0) is 61.6. The van der Waals surface area contributed by atoms with Crippen molar-refractivity contribution in [3.63, 3.8) is 0 Å². The SMILES string of the molecule is CC/C=C/CC/C=C/CC/C=C/C(O)C(COC1OC(CO)C(O)C(O)C1O)NC(=O)CCCCCCCCCCCCCCCCCCCCCCCCCCCCCCCCCCCCCOC(=O)CCCCCCCCCCCCCC. The van der Waals surface area contributed by atoms with Crippen LogP contribution in [0.2, 0.25) is 0 Å². The van der Waals surface area contributed by atoms with Gasteiger partial charge in [0.1, 0.15) is 24.4 Å². The maximum atomic E-state index is 13.0. The Morgan fingerprint density at radius 2 is 0.776 bits per heavy atom. The van der Waals surface area contributed by atoms with Crippen LogP contribution in [-0.2, 0) is 23.8 Å². The third-order valence-corrected chi connectivity index (χ3v) is 17.5. The van der Waals surface area contributed by atoms with Crippen LogP contribution >= 0.6 is 0 Å². The zero-order valence-electron chi connectivity index (χ0n) is 55.6. The summed E-state index contributed by atoms with van der Waals surface area (Å²) >= 11 is 0. The number of esters is 1. The van der Waals surface area contributed by atoms with Gasteiger partial charge in [0, 0.05) is 12.8 Å². The molecule has 7 unspecified atom stereocenters. The lowest BCUT2D eigenvalue weighted by Crippen LogP contribution is -2.60. The van der Waals surface area contributed by atoms with Crippen LogP contribution in [0.3, 0.4) is 0 Å². The molecule has 0 aromatic carbocycles. The lowest BCUT2D eigenvalue weighted by molar-refractivity contribution is -0.302. The summed E-state index contributed by atoms with van der Waals surface area (Å²) in [6.45, 7) is 4.24. The lowest BCUT2D eigenvalue weighted by atomic mass is 9.99. The summed E-state index contributed by atoms with van der Waals surface area (Å²) in [6.07, 6.45) is 71.9. The minimum Gasteiger partial charge on any atom is -0.466 e. The van der Waals surface area contributed by atoms with Gasteiger partial charge in [-0.3, -0.25) is 9.59 Å². The van der Waals surface area contributed by atoms with Crippen LogP contribution < -0.4 is 5.32 Å². The van der Waals surface area contributed by atoms with Crippen LogP contribution in [0, 0.1) is 0 Å². The molecule has 1 fully saturated rings. The fourth-order valence-electron chi connectivity index (χ4n) is 11.8. The topological polar surface area (TPSA) is 175 Å². The molecule has 1 rings (SSSR count). The highest BCUT2D eigenvalue weighted by atomic mass is 16.7. The van der Waals surface area contributed by atoms with E-state index in [1.54, 1.807) is 6.08 Å². The molecule has 1 aliphatic rings. The number of nitrogens with one attached hydrogen (secondary N) is 1. The largest absolute Gasteiger partial charge is 0.466 e. The molecule has 0 saturated carbocycles. The number of aliphatic hydroxyl groups is 5. The monoisotopic (exact) mass is 1200 g/mol. The van der Waals surface area contributed by atoms with Crippen molar-refractivity contribution in [1.29, 1.82) is 0 Å². The second-order valence-corrected chi connectivity index (χ2v) is 25.6. The third-order valence-electron chi connectivity index (χ3n) is 17.5. The van der Waals surface area contributed by atoms with Crippen molar-refractivity contribution in [2.24, 2.45) is 0 Å². The molecule has 0 aliphatic carbocycles. The summed E-state index contributed by atoms with van der Waals surface area (Å²) in [5, 5.41) is 54.3. The number of carbonyl (C=O) groups excluding carboxylic acids is 2. The normalized spacial score (nSPS) is 18.1. The first-order valence-corrected chi connectivity index (χ1v) is 36.8. The van der Waals surface area contributed by atoms with Crippen LogP contribution in [0.4, 0.5) is 0 Å². The number of carbonyl (C=O) groups is 2. The average molecular weight is 1200 g/mol. The number of rotatable bonds is 65. The Balaban J connectivity index is 1.88. The summed E-state index contributed by atoms with van der Waals surface area (Å²) in [4.78, 5) is 25.1. The van der Waals surface area contributed by atoms with Crippen LogP contribution in [0.1, 0.15) is 361 Å². The van der Waals surface area contributed by atoms with Gasteiger partial charge in [0.25, 0.3) is 0 Å². The van der Waals surface area contributed by atoms with E-state index in [0.29, 0.717) is 19.4 Å². The van der Waals surface area contributed by atoms with Crippen molar-refractivity contribution >= 4 is 11.9 Å². The number of allylic oxidation sites excluding steroid dienone is 5. The third kappa shape index (κ3) is 52.4. The van der Waals surface area contributed by atoms with E-state index in [2.05, 4.69) is 43.5 Å². The first kappa shape index (κ1) is 80.9. The molecule has 11 nitrogen and oxygen atoms in total. The van der Waals surface area contributed by atoms with E-state index in [-0.39, 0.29) is 18.5 Å². The second-order valence-electron chi connectivity index (χ2n) is 25.6. The molecular weight excluding hydrogens is 1060 g/mol. The van der Waals surface area contributed by atoms with Gasteiger partial charge in [0.2, 0.25) is 5.91 Å². The van der Waals surface area contributed by atoms with E-state index in [4.69, 9.17) is 14.2 Å². The van der Waals surface area contributed by atoms with Gasteiger partial charge in [-0.15, -0.1) is 0 Å². The number of unbranched alkanes of at least 4 members (excludes halogenated alkanes) is 47. The highest BCUT2D eigenvalue weighted by Gasteiger charge is 2.44. The second kappa shape index (κ2) is 63.4. The first-order chi connectivity index (χ1) is 41.7. The van der Waals surface area contributed by atoms with Crippen LogP contribution in [0.5, 0.6) is 0 Å². The Kier molecular flexibility index (Phi) is 60.4. The Morgan fingerprint density at radius 1 is 0.435 bits per heavy atom. The number of ether oxygens (including phenoxy) is 3.